The van der Waals surface area contributed by atoms with Crippen molar-refractivity contribution in [2.24, 2.45) is 0 Å². The zero-order valence-electron chi connectivity index (χ0n) is 10.5. The van der Waals surface area contributed by atoms with Gasteiger partial charge >= 0.3 is 0 Å². The van der Waals surface area contributed by atoms with E-state index < -0.39 is 0 Å². The number of fused-ring (bicyclic) bond motifs is 1. The lowest BCUT2D eigenvalue weighted by molar-refractivity contribution is 0.422. The van der Waals surface area contributed by atoms with Crippen molar-refractivity contribution in [2.75, 3.05) is 0 Å². The summed E-state index contributed by atoms with van der Waals surface area (Å²) in [5.41, 5.74) is 1.26. The second-order valence-corrected chi connectivity index (χ2v) is 4.36. The van der Waals surface area contributed by atoms with E-state index in [1.54, 1.807) is 0 Å². The highest BCUT2D eigenvalue weighted by Gasteiger charge is 2.12. The van der Waals surface area contributed by atoms with Crippen LogP contribution in [0.5, 0.6) is 0 Å². The molecular formula is C14H13N3O2. The number of hydrogen-bond acceptors (Lipinski definition) is 4. The lowest BCUT2D eigenvalue weighted by Gasteiger charge is -2.01. The normalized spacial score (nSPS) is 11.0. The molecule has 0 aliphatic rings. The summed E-state index contributed by atoms with van der Waals surface area (Å²) < 4.78 is 5.25. The first kappa shape index (κ1) is 11.6. The van der Waals surface area contributed by atoms with Gasteiger partial charge in [-0.1, -0.05) is 30.3 Å². The van der Waals surface area contributed by atoms with E-state index in [-0.39, 0.29) is 5.56 Å². The standard InChI is InChI=1S/C14H13N3O2/c1-2-5-12-16-14(19-17-12)10-8-13(18)15-11-7-4-3-6-9(10)11/h3-4,6-8H,2,5H2,1H3,(H,15,18). The Bertz CT molecular complexity index is 773. The third-order valence-corrected chi connectivity index (χ3v) is 2.92. The van der Waals surface area contributed by atoms with E-state index in [9.17, 15) is 4.79 Å². The second-order valence-electron chi connectivity index (χ2n) is 4.36. The molecule has 0 unspecified atom stereocenters. The number of benzene rings is 1. The summed E-state index contributed by atoms with van der Waals surface area (Å²) in [4.78, 5) is 18.8. The molecule has 0 spiro atoms. The summed E-state index contributed by atoms with van der Waals surface area (Å²) in [6.45, 7) is 2.05. The van der Waals surface area contributed by atoms with E-state index in [0.717, 1.165) is 23.7 Å². The van der Waals surface area contributed by atoms with Crippen LogP contribution in [0.2, 0.25) is 0 Å². The van der Waals surface area contributed by atoms with Gasteiger partial charge in [0.15, 0.2) is 5.82 Å². The van der Waals surface area contributed by atoms with Crippen LogP contribution in [-0.2, 0) is 6.42 Å². The molecule has 1 N–H and O–H groups in total. The van der Waals surface area contributed by atoms with Crippen molar-refractivity contribution in [1.29, 1.82) is 0 Å². The summed E-state index contributed by atoms with van der Waals surface area (Å²) in [6.07, 6.45) is 1.72. The first-order chi connectivity index (χ1) is 9.28. The second kappa shape index (κ2) is 4.68. The predicted octanol–water partition coefficient (Wildman–Crippen LogP) is 2.53. The van der Waals surface area contributed by atoms with Crippen LogP contribution in [0, 0.1) is 0 Å². The minimum atomic E-state index is -0.177. The SMILES string of the molecule is CCCc1noc(-c2cc(=O)[nH]c3ccccc23)n1. The number of pyridine rings is 1. The number of nitrogens with zero attached hydrogens (tertiary/aromatic N) is 2. The van der Waals surface area contributed by atoms with E-state index >= 15 is 0 Å². The van der Waals surface area contributed by atoms with Crippen LogP contribution in [0.25, 0.3) is 22.4 Å². The first-order valence-electron chi connectivity index (χ1n) is 6.23. The van der Waals surface area contributed by atoms with Crippen molar-refractivity contribution in [1.82, 2.24) is 15.1 Å². The number of para-hydroxylation sites is 1. The van der Waals surface area contributed by atoms with Crippen LogP contribution in [0.15, 0.2) is 39.6 Å². The molecule has 5 heteroatoms. The molecule has 0 fully saturated rings. The highest BCUT2D eigenvalue weighted by molar-refractivity contribution is 5.91. The lowest BCUT2D eigenvalue weighted by Crippen LogP contribution is -2.04. The molecule has 3 rings (SSSR count). The molecule has 0 aliphatic carbocycles. The van der Waals surface area contributed by atoms with Gasteiger partial charge in [0.25, 0.3) is 5.89 Å². The van der Waals surface area contributed by atoms with Gasteiger partial charge in [0.05, 0.1) is 5.56 Å². The highest BCUT2D eigenvalue weighted by Crippen LogP contribution is 2.24. The maximum absolute atomic E-state index is 11.7. The summed E-state index contributed by atoms with van der Waals surface area (Å²) in [6, 6.07) is 9.05. The van der Waals surface area contributed by atoms with Crippen LogP contribution < -0.4 is 5.56 Å². The fraction of sp³-hybridized carbons (Fsp3) is 0.214. The van der Waals surface area contributed by atoms with Crippen molar-refractivity contribution in [3.63, 3.8) is 0 Å². The van der Waals surface area contributed by atoms with E-state index in [2.05, 4.69) is 22.0 Å². The molecule has 1 aromatic carbocycles. The van der Waals surface area contributed by atoms with Crippen LogP contribution in [0.3, 0.4) is 0 Å². The zero-order valence-corrected chi connectivity index (χ0v) is 10.5. The summed E-state index contributed by atoms with van der Waals surface area (Å²) in [5.74, 6) is 1.06. The van der Waals surface area contributed by atoms with Crippen molar-refractivity contribution in [3.05, 3.63) is 46.5 Å². The first-order valence-corrected chi connectivity index (χ1v) is 6.23. The number of aromatic nitrogens is 3. The number of rotatable bonds is 3. The van der Waals surface area contributed by atoms with Gasteiger partial charge in [0.1, 0.15) is 0 Å². The number of H-pyrrole nitrogens is 1. The number of aryl methyl sites for hydroxylation is 1. The van der Waals surface area contributed by atoms with Crippen molar-refractivity contribution >= 4 is 10.9 Å². The Labute approximate surface area is 109 Å². The summed E-state index contributed by atoms with van der Waals surface area (Å²) >= 11 is 0. The van der Waals surface area contributed by atoms with Crippen LogP contribution >= 0.6 is 0 Å². The maximum Gasteiger partial charge on any atom is 0.258 e. The topological polar surface area (TPSA) is 71.8 Å². The highest BCUT2D eigenvalue weighted by atomic mass is 16.5. The number of hydrogen-bond donors (Lipinski definition) is 1. The predicted molar refractivity (Wildman–Crippen MR) is 71.9 cm³/mol. The molecule has 5 nitrogen and oxygen atoms in total. The number of nitrogens with one attached hydrogen (secondary N) is 1. The minimum Gasteiger partial charge on any atom is -0.334 e. The van der Waals surface area contributed by atoms with E-state index in [4.69, 9.17) is 4.52 Å². The van der Waals surface area contributed by atoms with Crippen LogP contribution in [-0.4, -0.2) is 15.1 Å². The van der Waals surface area contributed by atoms with Gasteiger partial charge in [0.2, 0.25) is 5.56 Å². The largest absolute Gasteiger partial charge is 0.334 e. The average Bonchev–Trinajstić information content (AvgIpc) is 2.86. The fourth-order valence-electron chi connectivity index (χ4n) is 2.07. The van der Waals surface area contributed by atoms with Gasteiger partial charge in [-0.15, -0.1) is 0 Å². The fourth-order valence-corrected chi connectivity index (χ4v) is 2.07. The molecule has 2 heterocycles. The molecule has 0 radical (unpaired) electrons. The van der Waals surface area contributed by atoms with Crippen LogP contribution in [0.4, 0.5) is 0 Å². The smallest absolute Gasteiger partial charge is 0.258 e. The van der Waals surface area contributed by atoms with Gasteiger partial charge in [-0.2, -0.15) is 4.98 Å². The van der Waals surface area contributed by atoms with Gasteiger partial charge in [-0.25, -0.2) is 0 Å². The molecule has 0 aliphatic heterocycles. The molecule has 0 saturated carbocycles. The van der Waals surface area contributed by atoms with Crippen molar-refractivity contribution in [3.8, 4) is 11.5 Å². The summed E-state index contributed by atoms with van der Waals surface area (Å²) in [7, 11) is 0. The Kier molecular flexibility index (Phi) is 2.87. The molecule has 0 bridgehead atoms. The zero-order chi connectivity index (χ0) is 13.2. The molecule has 96 valence electrons. The Balaban J connectivity index is 2.20. The third-order valence-electron chi connectivity index (χ3n) is 2.92. The molecule has 0 saturated heterocycles. The molecule has 2 aromatic heterocycles. The molecule has 0 amide bonds. The average molecular weight is 255 g/mol. The Morgan fingerprint density at radius 1 is 1.32 bits per heavy atom. The Morgan fingerprint density at radius 3 is 3.00 bits per heavy atom. The molecule has 19 heavy (non-hydrogen) atoms. The quantitative estimate of drug-likeness (QED) is 0.780. The van der Waals surface area contributed by atoms with Gasteiger partial charge in [0, 0.05) is 23.4 Å². The van der Waals surface area contributed by atoms with Gasteiger partial charge < -0.3 is 9.51 Å². The van der Waals surface area contributed by atoms with Crippen molar-refractivity contribution < 1.29 is 4.52 Å². The maximum atomic E-state index is 11.7. The number of aromatic amines is 1. The van der Waals surface area contributed by atoms with E-state index in [1.165, 1.54) is 6.07 Å². The molecule has 0 atom stereocenters. The third kappa shape index (κ3) is 2.14. The molecule has 3 aromatic rings. The van der Waals surface area contributed by atoms with E-state index in [0.29, 0.717) is 17.3 Å². The van der Waals surface area contributed by atoms with Gasteiger partial charge in [-0.3, -0.25) is 4.79 Å². The molecular weight excluding hydrogens is 242 g/mol. The minimum absolute atomic E-state index is 0.177. The lowest BCUT2D eigenvalue weighted by atomic mass is 10.1. The van der Waals surface area contributed by atoms with E-state index in [1.807, 2.05) is 24.3 Å². The summed E-state index contributed by atoms with van der Waals surface area (Å²) in [5, 5.41) is 4.82. The Morgan fingerprint density at radius 2 is 2.16 bits per heavy atom. The van der Waals surface area contributed by atoms with Crippen molar-refractivity contribution in [2.45, 2.75) is 19.8 Å². The monoisotopic (exact) mass is 255 g/mol. The Hall–Kier alpha value is -2.43. The van der Waals surface area contributed by atoms with Crippen LogP contribution in [0.1, 0.15) is 19.2 Å². The van der Waals surface area contributed by atoms with Gasteiger partial charge in [-0.05, 0) is 12.5 Å².